The van der Waals surface area contributed by atoms with E-state index >= 15 is 0 Å². The van der Waals surface area contributed by atoms with Crippen molar-refractivity contribution >= 4 is 10.8 Å². The Hall–Kier alpha value is -0.740. The quantitative estimate of drug-likeness (QED) is 0.894. The highest BCUT2D eigenvalue weighted by atomic mass is 32.2. The van der Waals surface area contributed by atoms with Crippen molar-refractivity contribution in [3.63, 3.8) is 0 Å². The number of nitrogens with one attached hydrogen (secondary N) is 1. The first-order valence-electron chi connectivity index (χ1n) is 7.86. The Labute approximate surface area is 130 Å². The highest BCUT2D eigenvalue weighted by molar-refractivity contribution is 7.85. The van der Waals surface area contributed by atoms with Crippen molar-refractivity contribution in [2.45, 2.75) is 62.6 Å². The predicted molar refractivity (Wildman–Crippen MR) is 86.3 cm³/mol. The maximum absolute atomic E-state index is 14.0. The van der Waals surface area contributed by atoms with Gasteiger partial charge in [0.05, 0.1) is 20.9 Å². The zero-order valence-electron chi connectivity index (χ0n) is 13.2. The van der Waals surface area contributed by atoms with E-state index in [9.17, 15) is 8.60 Å². The van der Waals surface area contributed by atoms with Gasteiger partial charge in [-0.05, 0) is 43.4 Å². The first kappa shape index (κ1) is 16.6. The summed E-state index contributed by atoms with van der Waals surface area (Å²) in [7, 11) is -1.30. The van der Waals surface area contributed by atoms with Crippen molar-refractivity contribution in [3.05, 3.63) is 30.1 Å². The molecule has 4 heteroatoms. The lowest BCUT2D eigenvalue weighted by atomic mass is 9.73. The molecule has 1 aromatic rings. The Morgan fingerprint density at radius 3 is 2.76 bits per heavy atom. The van der Waals surface area contributed by atoms with Crippen LogP contribution >= 0.6 is 0 Å². The van der Waals surface area contributed by atoms with E-state index < -0.39 is 10.8 Å². The summed E-state index contributed by atoms with van der Waals surface area (Å²) in [6.07, 6.45) is 4.12. The summed E-state index contributed by atoms with van der Waals surface area (Å²) < 4.78 is 26.9. The summed E-state index contributed by atoms with van der Waals surface area (Å²) in [4.78, 5) is 0.350. The molecule has 0 saturated heterocycles. The third kappa shape index (κ3) is 3.72. The van der Waals surface area contributed by atoms with Gasteiger partial charge in [-0.2, -0.15) is 0 Å². The summed E-state index contributed by atoms with van der Waals surface area (Å²) in [6, 6.07) is 6.64. The molecule has 1 N–H and O–H groups in total. The Morgan fingerprint density at radius 1 is 1.38 bits per heavy atom. The predicted octanol–water partition coefficient (Wildman–Crippen LogP) is 3.88. The van der Waals surface area contributed by atoms with Crippen LogP contribution in [0, 0.1) is 11.2 Å². The molecule has 3 atom stereocenters. The van der Waals surface area contributed by atoms with Gasteiger partial charge < -0.3 is 5.32 Å². The molecule has 2 nitrogen and oxygen atoms in total. The maximum Gasteiger partial charge on any atom is 0.139 e. The van der Waals surface area contributed by atoms with E-state index in [1.807, 2.05) is 0 Å². The smallest absolute Gasteiger partial charge is 0.139 e. The summed E-state index contributed by atoms with van der Waals surface area (Å²) >= 11 is 0. The molecule has 3 unspecified atom stereocenters. The van der Waals surface area contributed by atoms with Crippen molar-refractivity contribution in [1.29, 1.82) is 0 Å². The molecular weight excluding hydrogens is 285 g/mol. The molecule has 1 fully saturated rings. The van der Waals surface area contributed by atoms with Crippen molar-refractivity contribution < 1.29 is 8.60 Å². The Morgan fingerprint density at radius 2 is 2.10 bits per heavy atom. The fraction of sp³-hybridized carbons (Fsp3) is 0.647. The minimum Gasteiger partial charge on any atom is -0.312 e. The first-order valence-corrected chi connectivity index (χ1v) is 9.07. The Kier molecular flexibility index (Phi) is 5.55. The molecule has 0 amide bonds. The molecule has 1 aliphatic carbocycles. The van der Waals surface area contributed by atoms with E-state index in [0.29, 0.717) is 4.90 Å². The van der Waals surface area contributed by atoms with Crippen LogP contribution in [0.1, 0.15) is 46.5 Å². The second-order valence-corrected chi connectivity index (χ2v) is 8.22. The largest absolute Gasteiger partial charge is 0.312 e. The van der Waals surface area contributed by atoms with Gasteiger partial charge in [0.15, 0.2) is 0 Å². The molecule has 1 aliphatic rings. The molecule has 0 aromatic heterocycles. The SMILES string of the molecule is CCCNC1C(S(=O)c2ccccc2F)CCCC1(C)C. The van der Waals surface area contributed by atoms with Crippen molar-refractivity contribution in [2.75, 3.05) is 6.54 Å². The fourth-order valence-electron chi connectivity index (χ4n) is 3.29. The average Bonchev–Trinajstić information content (AvgIpc) is 2.45. The summed E-state index contributed by atoms with van der Waals surface area (Å²) in [6.45, 7) is 7.50. The third-order valence-electron chi connectivity index (χ3n) is 4.47. The number of halogens is 1. The first-order chi connectivity index (χ1) is 9.97. The van der Waals surface area contributed by atoms with Crippen molar-refractivity contribution in [3.8, 4) is 0 Å². The van der Waals surface area contributed by atoms with Crippen LogP contribution < -0.4 is 5.32 Å². The normalized spacial score (nSPS) is 26.5. The zero-order valence-corrected chi connectivity index (χ0v) is 14.0. The van der Waals surface area contributed by atoms with Gasteiger partial charge in [-0.1, -0.05) is 39.3 Å². The minimum atomic E-state index is -1.30. The standard InChI is InChI=1S/C17H26FNOS/c1-4-12-19-16-15(10-7-11-17(16,2)3)21(20)14-9-6-5-8-13(14)18/h5-6,8-9,15-16,19H,4,7,10-12H2,1-3H3. The summed E-state index contributed by atoms with van der Waals surface area (Å²) in [5, 5.41) is 3.55. The Bertz CT molecular complexity index is 503. The number of benzene rings is 1. The second kappa shape index (κ2) is 7.01. The van der Waals surface area contributed by atoms with Crippen LogP contribution in [0.5, 0.6) is 0 Å². The van der Waals surface area contributed by atoms with Crippen LogP contribution in [0.25, 0.3) is 0 Å². The van der Waals surface area contributed by atoms with Gasteiger partial charge >= 0.3 is 0 Å². The highest BCUT2D eigenvalue weighted by Gasteiger charge is 2.42. The lowest BCUT2D eigenvalue weighted by Gasteiger charge is -2.44. The Balaban J connectivity index is 2.26. The molecule has 0 heterocycles. The minimum absolute atomic E-state index is 0.0165. The summed E-state index contributed by atoms with van der Waals surface area (Å²) in [5.41, 5.74) is 0.0962. The van der Waals surface area contributed by atoms with Gasteiger partial charge in [0.1, 0.15) is 5.82 Å². The van der Waals surface area contributed by atoms with E-state index in [2.05, 4.69) is 26.1 Å². The van der Waals surface area contributed by atoms with Crippen molar-refractivity contribution in [2.24, 2.45) is 5.41 Å². The lowest BCUT2D eigenvalue weighted by Crippen LogP contribution is -2.54. The van der Waals surface area contributed by atoms with Crippen LogP contribution in [0.2, 0.25) is 0 Å². The highest BCUT2D eigenvalue weighted by Crippen LogP contribution is 2.39. The topological polar surface area (TPSA) is 29.1 Å². The zero-order chi connectivity index (χ0) is 15.5. The van der Waals surface area contributed by atoms with E-state index in [4.69, 9.17) is 0 Å². The van der Waals surface area contributed by atoms with Gasteiger partial charge in [-0.25, -0.2) is 4.39 Å². The molecule has 1 saturated carbocycles. The van der Waals surface area contributed by atoms with Crippen LogP contribution in [-0.4, -0.2) is 22.0 Å². The van der Waals surface area contributed by atoms with E-state index in [0.717, 1.165) is 32.2 Å². The van der Waals surface area contributed by atoms with E-state index in [1.165, 1.54) is 6.07 Å². The van der Waals surface area contributed by atoms with Gasteiger partial charge in [0.25, 0.3) is 0 Å². The molecule has 1 aromatic carbocycles. The van der Waals surface area contributed by atoms with E-state index in [1.54, 1.807) is 18.2 Å². The molecule has 118 valence electrons. The van der Waals surface area contributed by atoms with E-state index in [-0.39, 0.29) is 22.5 Å². The second-order valence-electron chi connectivity index (χ2n) is 6.58. The van der Waals surface area contributed by atoms with Gasteiger partial charge in [-0.3, -0.25) is 4.21 Å². The molecule has 0 radical (unpaired) electrons. The summed E-state index contributed by atoms with van der Waals surface area (Å²) in [5.74, 6) is -0.353. The molecule has 21 heavy (non-hydrogen) atoms. The maximum atomic E-state index is 14.0. The van der Waals surface area contributed by atoms with Crippen molar-refractivity contribution in [1.82, 2.24) is 5.32 Å². The van der Waals surface area contributed by atoms with Gasteiger partial charge in [0, 0.05) is 6.04 Å². The van der Waals surface area contributed by atoms with Crippen LogP contribution in [-0.2, 0) is 10.8 Å². The molecule has 0 spiro atoms. The lowest BCUT2D eigenvalue weighted by molar-refractivity contribution is 0.173. The fourth-order valence-corrected chi connectivity index (χ4v) is 5.19. The monoisotopic (exact) mass is 311 g/mol. The number of rotatable bonds is 5. The van der Waals surface area contributed by atoms with Gasteiger partial charge in [0.2, 0.25) is 0 Å². The molecule has 2 rings (SSSR count). The molecular formula is C17H26FNOS. The van der Waals surface area contributed by atoms with Crippen LogP contribution in [0.4, 0.5) is 4.39 Å². The van der Waals surface area contributed by atoms with Gasteiger partial charge in [-0.15, -0.1) is 0 Å². The number of hydrogen-bond donors (Lipinski definition) is 1. The van der Waals surface area contributed by atoms with Crippen LogP contribution in [0.15, 0.2) is 29.2 Å². The third-order valence-corrected chi connectivity index (χ3v) is 6.29. The molecule has 0 bridgehead atoms. The van der Waals surface area contributed by atoms with Crippen LogP contribution in [0.3, 0.4) is 0 Å². The average molecular weight is 311 g/mol. The molecule has 0 aliphatic heterocycles. The number of hydrogen-bond acceptors (Lipinski definition) is 2.